The van der Waals surface area contributed by atoms with E-state index in [4.69, 9.17) is 11.2 Å². The second kappa shape index (κ2) is 22.3. The number of benzene rings is 2. The molecule has 1 radical (unpaired) electrons. The van der Waals surface area contributed by atoms with Gasteiger partial charge in [0.25, 0.3) is 5.91 Å². The summed E-state index contributed by atoms with van der Waals surface area (Å²) in [7, 11) is 0. The first-order valence-corrected chi connectivity index (χ1v) is 14.1. The standard InChI is InChI=1S/C31H37N5O8.CH2O.Co/c1-4-26(38)34-23(16-21-10-12-22(37)13-11-21)29(41)33-17-27(39)32-18-28(40)35-24(15-20-8-6-5-7-9-20)30(42)36-25(31(43)44)14-19(2)3;1-2;/h1,5-13,19,23-25,37H,14-18H2,2-3H3,(H,32,39)(H,33,41)(H,34,38)(H,35,40)(H,36,42)(H,43,44);1H2;/q;;+2/p-2/t23-,24-,25-;;/m0../s1. The van der Waals surface area contributed by atoms with Crippen molar-refractivity contribution >= 4 is 42.3 Å². The zero-order chi connectivity index (χ0) is 34.6. The Morgan fingerprint density at radius 2 is 1.28 bits per heavy atom. The van der Waals surface area contributed by atoms with Crippen molar-refractivity contribution < 1.29 is 60.6 Å². The molecule has 253 valence electrons. The molecule has 0 heterocycles. The molecule has 5 amide bonds. The molecular weight excluding hydrogens is 657 g/mol. The predicted octanol–water partition coefficient (Wildman–Crippen LogP) is -2.53. The molecule has 0 saturated heterocycles. The Bertz CT molecular complexity index is 1380. The Labute approximate surface area is 283 Å². The van der Waals surface area contributed by atoms with Gasteiger partial charge in [0.2, 0.25) is 23.6 Å². The third-order valence-corrected chi connectivity index (χ3v) is 6.23. The molecule has 14 nitrogen and oxygen atoms in total. The number of carbonyl (C=O) groups excluding carboxylic acids is 7. The van der Waals surface area contributed by atoms with Gasteiger partial charge in [-0.2, -0.15) is 0 Å². The van der Waals surface area contributed by atoms with Crippen molar-refractivity contribution in [1.29, 1.82) is 0 Å². The van der Waals surface area contributed by atoms with Gasteiger partial charge in [0.1, 0.15) is 18.9 Å². The molecule has 15 heteroatoms. The van der Waals surface area contributed by atoms with Crippen LogP contribution in [-0.2, 0) is 63.2 Å². The number of hydrogen-bond acceptors (Lipinski definition) is 9. The quantitative estimate of drug-likeness (QED) is 0.117. The fourth-order valence-electron chi connectivity index (χ4n) is 4.06. The zero-order valence-corrected chi connectivity index (χ0v) is 26.9. The van der Waals surface area contributed by atoms with Crippen LogP contribution >= 0.6 is 0 Å². The van der Waals surface area contributed by atoms with Gasteiger partial charge in [0.05, 0.1) is 25.1 Å². The van der Waals surface area contributed by atoms with Gasteiger partial charge >= 0.3 is 16.8 Å². The van der Waals surface area contributed by atoms with Crippen LogP contribution in [0, 0.1) is 18.3 Å². The minimum Gasteiger partial charge on any atom is -0.872 e. The van der Waals surface area contributed by atoms with E-state index in [1.807, 2.05) is 12.7 Å². The smallest absolute Gasteiger partial charge is 0.872 e. The summed E-state index contributed by atoms with van der Waals surface area (Å²) in [6.07, 6.45) is 5.25. The van der Waals surface area contributed by atoms with Crippen LogP contribution in [0.3, 0.4) is 0 Å². The SMILES string of the molecule is C#CC(=O)N[C@@H](Cc1ccc([O-])cc1)C(=O)NCC(=O)NCC(=O)N[C@@H](Cc1ccccc1)C(=O)N[C@@H](CC(C)C)C(=O)[O-].C=O.[Co+2]. The van der Waals surface area contributed by atoms with Gasteiger partial charge in [0, 0.05) is 12.8 Å². The topological polar surface area (TPSA) is 226 Å². The van der Waals surface area contributed by atoms with Gasteiger partial charge in [-0.1, -0.05) is 68.4 Å². The average Bonchev–Trinajstić information content (AvgIpc) is 3.03. The van der Waals surface area contributed by atoms with Crippen molar-refractivity contribution in [2.75, 3.05) is 13.1 Å². The molecule has 0 spiro atoms. The third-order valence-electron chi connectivity index (χ3n) is 6.23. The number of amides is 5. The number of aliphatic carboxylic acids is 1. The molecule has 2 aromatic carbocycles. The van der Waals surface area contributed by atoms with E-state index in [1.54, 1.807) is 44.2 Å². The summed E-state index contributed by atoms with van der Waals surface area (Å²) in [4.78, 5) is 82.0. The predicted molar refractivity (Wildman–Crippen MR) is 162 cm³/mol. The summed E-state index contributed by atoms with van der Waals surface area (Å²) in [5, 5.41) is 34.8. The van der Waals surface area contributed by atoms with Crippen LogP contribution in [0.4, 0.5) is 0 Å². The number of terminal acetylenes is 1. The maximum atomic E-state index is 13.0. The van der Waals surface area contributed by atoms with Crippen molar-refractivity contribution in [2.24, 2.45) is 5.92 Å². The number of nitrogens with one attached hydrogen (secondary N) is 5. The summed E-state index contributed by atoms with van der Waals surface area (Å²) < 4.78 is 0. The molecule has 2 rings (SSSR count). The summed E-state index contributed by atoms with van der Waals surface area (Å²) in [5.74, 6) is -3.70. The van der Waals surface area contributed by atoms with Crippen molar-refractivity contribution in [3.05, 3.63) is 65.7 Å². The molecule has 3 atom stereocenters. The molecule has 0 aliphatic rings. The van der Waals surface area contributed by atoms with Crippen LogP contribution in [0.25, 0.3) is 0 Å². The molecule has 0 fully saturated rings. The van der Waals surface area contributed by atoms with Crippen LogP contribution in [0.1, 0.15) is 31.4 Å². The Morgan fingerprint density at radius 3 is 1.81 bits per heavy atom. The van der Waals surface area contributed by atoms with Gasteiger partial charge in [-0.25, -0.2) is 0 Å². The first kappa shape index (κ1) is 41.8. The fourth-order valence-corrected chi connectivity index (χ4v) is 4.06. The molecule has 0 unspecified atom stereocenters. The molecular formula is C32H37CoN5O9. The van der Waals surface area contributed by atoms with E-state index in [0.717, 1.165) is 0 Å². The third kappa shape index (κ3) is 16.6. The summed E-state index contributed by atoms with van der Waals surface area (Å²) in [5.41, 5.74) is 1.26. The Morgan fingerprint density at radius 1 is 0.745 bits per heavy atom. The van der Waals surface area contributed by atoms with Crippen LogP contribution < -0.4 is 36.8 Å². The van der Waals surface area contributed by atoms with E-state index in [0.29, 0.717) is 11.1 Å². The van der Waals surface area contributed by atoms with Gasteiger partial charge in [-0.05, 0) is 29.4 Å². The number of carboxylic acids is 1. The van der Waals surface area contributed by atoms with Crippen LogP contribution in [0.5, 0.6) is 5.75 Å². The molecule has 5 N–H and O–H groups in total. The monoisotopic (exact) mass is 694 g/mol. The average molecular weight is 695 g/mol. The van der Waals surface area contributed by atoms with Crippen molar-refractivity contribution in [2.45, 2.75) is 51.2 Å². The first-order valence-electron chi connectivity index (χ1n) is 14.1. The fraction of sp³-hybridized carbons (Fsp3) is 0.344. The van der Waals surface area contributed by atoms with Crippen LogP contribution in [-0.4, -0.2) is 73.5 Å². The Balaban J connectivity index is 0.00000691. The second-order valence-electron chi connectivity index (χ2n) is 10.3. The second-order valence-corrected chi connectivity index (χ2v) is 10.3. The number of hydrogen-bond donors (Lipinski definition) is 5. The minimum absolute atomic E-state index is 0. The summed E-state index contributed by atoms with van der Waals surface area (Å²) >= 11 is 0. The van der Waals surface area contributed by atoms with Crippen LogP contribution in [0.2, 0.25) is 0 Å². The molecule has 47 heavy (non-hydrogen) atoms. The van der Waals surface area contributed by atoms with Crippen molar-refractivity contribution in [3.8, 4) is 18.1 Å². The van der Waals surface area contributed by atoms with E-state index in [2.05, 4.69) is 26.6 Å². The van der Waals surface area contributed by atoms with E-state index in [-0.39, 0.29) is 47.7 Å². The van der Waals surface area contributed by atoms with Crippen molar-refractivity contribution in [3.63, 3.8) is 0 Å². The molecule has 0 aromatic heterocycles. The summed E-state index contributed by atoms with van der Waals surface area (Å²) in [6.45, 7) is 4.47. The zero-order valence-electron chi connectivity index (χ0n) is 25.8. The van der Waals surface area contributed by atoms with E-state index >= 15 is 0 Å². The van der Waals surface area contributed by atoms with E-state index in [9.17, 15) is 39.0 Å². The molecule has 0 aliphatic carbocycles. The Kier molecular flexibility index (Phi) is 19.9. The number of carboxylic acid groups (broad SMARTS) is 1. The molecule has 0 aliphatic heterocycles. The van der Waals surface area contributed by atoms with Gasteiger partial charge < -0.3 is 46.4 Å². The van der Waals surface area contributed by atoms with Crippen molar-refractivity contribution in [1.82, 2.24) is 26.6 Å². The summed E-state index contributed by atoms with van der Waals surface area (Å²) in [6, 6.07) is 10.7. The van der Waals surface area contributed by atoms with E-state index < -0.39 is 66.7 Å². The first-order chi connectivity index (χ1) is 21.9. The van der Waals surface area contributed by atoms with Gasteiger partial charge in [0.15, 0.2) is 0 Å². The van der Waals surface area contributed by atoms with Crippen LogP contribution in [0.15, 0.2) is 54.6 Å². The Hall–Kier alpha value is -5.20. The number of carbonyl (C=O) groups is 7. The number of rotatable bonds is 16. The minimum atomic E-state index is -1.45. The molecule has 2 aromatic rings. The van der Waals surface area contributed by atoms with Gasteiger partial charge in [-0.3, -0.25) is 24.0 Å². The normalized spacial score (nSPS) is 11.8. The maximum absolute atomic E-state index is 13.0. The molecule has 0 bridgehead atoms. The largest absolute Gasteiger partial charge is 2.00 e. The van der Waals surface area contributed by atoms with E-state index in [1.165, 1.54) is 24.3 Å². The molecule has 0 saturated carbocycles. The van der Waals surface area contributed by atoms with Gasteiger partial charge in [-0.15, -0.1) is 12.2 Å². The maximum Gasteiger partial charge on any atom is 2.00 e.